The standard InChI is InChI=1S/C17H30N6O2/c1-13-10-14(23(5)19-13)8-6-7-9-20(2)17(25)15-16(22(4)12-24)18-11-21(15)3/h10,12-13,18-19H,6-9,11H2,1-5H3. The Morgan fingerprint density at radius 3 is 2.68 bits per heavy atom. The monoisotopic (exact) mass is 350 g/mol. The summed E-state index contributed by atoms with van der Waals surface area (Å²) >= 11 is 0. The lowest BCUT2D eigenvalue weighted by Gasteiger charge is -2.23. The van der Waals surface area contributed by atoms with E-state index >= 15 is 0 Å². The molecule has 2 rings (SSSR count). The summed E-state index contributed by atoms with van der Waals surface area (Å²) in [5.41, 5.74) is 5.16. The third kappa shape index (κ3) is 4.45. The van der Waals surface area contributed by atoms with Gasteiger partial charge in [0, 0.05) is 46.5 Å². The number of hydrogen-bond donors (Lipinski definition) is 2. The molecule has 0 aromatic rings. The fourth-order valence-corrected chi connectivity index (χ4v) is 3.16. The molecule has 2 aliphatic rings. The zero-order valence-electron chi connectivity index (χ0n) is 15.9. The van der Waals surface area contributed by atoms with Crippen molar-refractivity contribution >= 4 is 12.3 Å². The first-order chi connectivity index (χ1) is 11.8. The third-order valence-electron chi connectivity index (χ3n) is 4.60. The molecule has 0 bridgehead atoms. The largest absolute Gasteiger partial charge is 0.352 e. The molecule has 140 valence electrons. The average Bonchev–Trinajstić information content (AvgIpc) is 3.11. The van der Waals surface area contributed by atoms with Crippen molar-refractivity contribution in [1.82, 2.24) is 30.5 Å². The number of hydrogen-bond acceptors (Lipinski definition) is 6. The fraction of sp³-hybridized carbons (Fsp3) is 0.647. The summed E-state index contributed by atoms with van der Waals surface area (Å²) < 4.78 is 0. The van der Waals surface area contributed by atoms with E-state index in [9.17, 15) is 9.59 Å². The van der Waals surface area contributed by atoms with Gasteiger partial charge in [-0.3, -0.25) is 9.59 Å². The van der Waals surface area contributed by atoms with Gasteiger partial charge in [0.15, 0.2) is 0 Å². The van der Waals surface area contributed by atoms with Crippen LogP contribution in [-0.2, 0) is 9.59 Å². The number of allylic oxidation sites excluding steroid dienone is 1. The van der Waals surface area contributed by atoms with E-state index in [1.807, 2.05) is 26.0 Å². The number of carbonyl (C=O) groups is 2. The zero-order valence-corrected chi connectivity index (χ0v) is 15.9. The van der Waals surface area contributed by atoms with Gasteiger partial charge in [-0.25, -0.2) is 5.43 Å². The van der Waals surface area contributed by atoms with Gasteiger partial charge in [0.05, 0.1) is 6.67 Å². The molecule has 0 spiro atoms. The molecular weight excluding hydrogens is 320 g/mol. The molecule has 8 heteroatoms. The van der Waals surface area contributed by atoms with Crippen LogP contribution < -0.4 is 10.7 Å². The Hall–Kier alpha value is -2.22. The van der Waals surface area contributed by atoms with E-state index in [1.165, 1.54) is 10.6 Å². The number of nitrogens with one attached hydrogen (secondary N) is 2. The van der Waals surface area contributed by atoms with Crippen molar-refractivity contribution < 1.29 is 9.59 Å². The predicted octanol–water partition coefficient (Wildman–Crippen LogP) is 0.0873. The molecule has 8 nitrogen and oxygen atoms in total. The molecule has 1 unspecified atom stereocenters. The maximum Gasteiger partial charge on any atom is 0.273 e. The Morgan fingerprint density at radius 1 is 1.36 bits per heavy atom. The Morgan fingerprint density at radius 2 is 2.08 bits per heavy atom. The van der Waals surface area contributed by atoms with Crippen LogP contribution in [0.15, 0.2) is 23.3 Å². The van der Waals surface area contributed by atoms with Gasteiger partial charge in [-0.2, -0.15) is 0 Å². The summed E-state index contributed by atoms with van der Waals surface area (Å²) in [7, 11) is 7.33. The van der Waals surface area contributed by atoms with Gasteiger partial charge in [0.25, 0.3) is 5.91 Å². The van der Waals surface area contributed by atoms with E-state index in [-0.39, 0.29) is 5.91 Å². The van der Waals surface area contributed by atoms with Crippen molar-refractivity contribution in [2.45, 2.75) is 32.2 Å². The molecule has 0 aliphatic carbocycles. The molecular formula is C17H30N6O2. The van der Waals surface area contributed by atoms with E-state index in [0.717, 1.165) is 19.3 Å². The molecule has 0 saturated carbocycles. The first kappa shape index (κ1) is 19.1. The van der Waals surface area contributed by atoms with Crippen molar-refractivity contribution in [1.29, 1.82) is 0 Å². The maximum absolute atomic E-state index is 12.7. The molecule has 2 aliphatic heterocycles. The van der Waals surface area contributed by atoms with Crippen LogP contribution in [0, 0.1) is 0 Å². The normalized spacial score (nSPS) is 19.9. The summed E-state index contributed by atoms with van der Waals surface area (Å²) in [5.74, 6) is 0.496. The quantitative estimate of drug-likeness (QED) is 0.477. The van der Waals surface area contributed by atoms with Crippen LogP contribution in [0.5, 0.6) is 0 Å². The lowest BCUT2D eigenvalue weighted by molar-refractivity contribution is -0.127. The van der Waals surface area contributed by atoms with Crippen LogP contribution in [0.3, 0.4) is 0 Å². The molecule has 0 aromatic heterocycles. The van der Waals surface area contributed by atoms with Crippen molar-refractivity contribution in [3.63, 3.8) is 0 Å². The van der Waals surface area contributed by atoms with Gasteiger partial charge >= 0.3 is 0 Å². The fourth-order valence-electron chi connectivity index (χ4n) is 3.16. The molecule has 0 saturated heterocycles. The van der Waals surface area contributed by atoms with Crippen LogP contribution in [-0.4, -0.2) is 79.5 Å². The smallest absolute Gasteiger partial charge is 0.273 e. The molecule has 2 N–H and O–H groups in total. The minimum atomic E-state index is -0.0660. The molecule has 2 amide bonds. The Bertz CT molecular complexity index is 573. The minimum Gasteiger partial charge on any atom is -0.352 e. The Balaban J connectivity index is 1.85. The number of carbonyl (C=O) groups excluding carboxylic acids is 2. The number of amides is 2. The molecule has 2 heterocycles. The topological polar surface area (TPSA) is 71.2 Å². The van der Waals surface area contributed by atoms with Crippen molar-refractivity contribution in [3.05, 3.63) is 23.3 Å². The van der Waals surface area contributed by atoms with Gasteiger partial charge in [-0.1, -0.05) is 0 Å². The Labute approximate surface area is 150 Å². The number of hydrazine groups is 1. The van der Waals surface area contributed by atoms with E-state index in [4.69, 9.17) is 0 Å². The van der Waals surface area contributed by atoms with Crippen LogP contribution in [0.25, 0.3) is 0 Å². The lowest BCUT2D eigenvalue weighted by atomic mass is 10.1. The van der Waals surface area contributed by atoms with E-state index in [2.05, 4.69) is 28.8 Å². The highest BCUT2D eigenvalue weighted by Crippen LogP contribution is 2.19. The summed E-state index contributed by atoms with van der Waals surface area (Å²) in [6, 6.07) is 0.384. The number of unbranched alkanes of at least 4 members (excludes halogenated alkanes) is 1. The summed E-state index contributed by atoms with van der Waals surface area (Å²) in [4.78, 5) is 28.7. The lowest BCUT2D eigenvalue weighted by Crippen LogP contribution is -2.35. The van der Waals surface area contributed by atoms with Crippen LogP contribution >= 0.6 is 0 Å². The molecule has 0 fully saturated rings. The van der Waals surface area contributed by atoms with Gasteiger partial charge in [-0.15, -0.1) is 0 Å². The first-order valence-corrected chi connectivity index (χ1v) is 8.68. The Kier molecular flexibility index (Phi) is 6.30. The van der Waals surface area contributed by atoms with Crippen LogP contribution in [0.2, 0.25) is 0 Å². The first-order valence-electron chi connectivity index (χ1n) is 8.68. The second kappa shape index (κ2) is 8.24. The summed E-state index contributed by atoms with van der Waals surface area (Å²) in [5, 5.41) is 5.16. The zero-order chi connectivity index (χ0) is 18.6. The average molecular weight is 350 g/mol. The highest BCUT2D eigenvalue weighted by Gasteiger charge is 2.29. The van der Waals surface area contributed by atoms with E-state index in [0.29, 0.717) is 37.2 Å². The SMILES string of the molecule is CC1C=C(CCCCN(C)C(=O)C2=C(N(C)C=O)NCN2C)N(C)N1. The van der Waals surface area contributed by atoms with Gasteiger partial charge in [0.1, 0.15) is 11.5 Å². The maximum atomic E-state index is 12.7. The molecule has 25 heavy (non-hydrogen) atoms. The number of nitrogens with zero attached hydrogens (tertiary/aromatic N) is 4. The summed E-state index contributed by atoms with van der Waals surface area (Å²) in [6.45, 7) is 3.34. The second-order valence-corrected chi connectivity index (χ2v) is 6.76. The number of rotatable bonds is 8. The second-order valence-electron chi connectivity index (χ2n) is 6.76. The third-order valence-corrected chi connectivity index (χ3v) is 4.60. The minimum absolute atomic E-state index is 0.0660. The highest BCUT2D eigenvalue weighted by atomic mass is 16.2. The molecule has 0 radical (unpaired) electrons. The van der Waals surface area contributed by atoms with E-state index < -0.39 is 0 Å². The highest BCUT2D eigenvalue weighted by molar-refractivity contribution is 5.94. The van der Waals surface area contributed by atoms with Crippen molar-refractivity contribution in [2.24, 2.45) is 0 Å². The van der Waals surface area contributed by atoms with Crippen LogP contribution in [0.1, 0.15) is 26.2 Å². The number of likely N-dealkylation sites (N-methyl/N-ethyl adjacent to an activating group) is 2. The molecule has 0 aromatic carbocycles. The molecule has 1 atom stereocenters. The van der Waals surface area contributed by atoms with E-state index in [1.54, 1.807) is 11.9 Å². The van der Waals surface area contributed by atoms with Gasteiger partial charge in [0.2, 0.25) is 6.41 Å². The van der Waals surface area contributed by atoms with Gasteiger partial charge in [-0.05, 0) is 32.3 Å². The van der Waals surface area contributed by atoms with Crippen molar-refractivity contribution in [2.75, 3.05) is 41.4 Å². The van der Waals surface area contributed by atoms with Gasteiger partial charge < -0.3 is 25.0 Å². The van der Waals surface area contributed by atoms with Crippen LogP contribution in [0.4, 0.5) is 0 Å². The van der Waals surface area contributed by atoms with Crippen molar-refractivity contribution in [3.8, 4) is 0 Å². The summed E-state index contributed by atoms with van der Waals surface area (Å²) in [6.07, 6.45) is 5.90. The predicted molar refractivity (Wildman–Crippen MR) is 96.6 cm³/mol.